The molecule has 1 saturated heterocycles. The first kappa shape index (κ1) is 16.2. The molecule has 6 heteroatoms. The fourth-order valence-corrected chi connectivity index (χ4v) is 4.25. The van der Waals surface area contributed by atoms with E-state index in [1.54, 1.807) is 14.2 Å². The molecular weight excluding hydrogens is 293 g/mol. The van der Waals surface area contributed by atoms with Gasteiger partial charge >= 0.3 is 0 Å². The largest absolute Gasteiger partial charge is 0.513 e. The Bertz CT molecular complexity index is 645. The number of benzene rings is 1. The minimum Gasteiger partial charge on any atom is -0.513 e. The predicted octanol–water partition coefficient (Wildman–Crippen LogP) is 1.35. The highest BCUT2D eigenvalue weighted by Crippen LogP contribution is 2.50. The van der Waals surface area contributed by atoms with Gasteiger partial charge in [-0.15, -0.1) is 0 Å². The number of rotatable bonds is 3. The Morgan fingerprint density at radius 1 is 1.26 bits per heavy atom. The van der Waals surface area contributed by atoms with Crippen LogP contribution in [0.5, 0.6) is 11.5 Å². The molecule has 2 aliphatic rings. The van der Waals surface area contributed by atoms with Gasteiger partial charge in [-0.05, 0) is 43.8 Å². The highest BCUT2D eigenvalue weighted by atomic mass is 16.5. The Morgan fingerprint density at radius 3 is 2.61 bits per heavy atom. The first-order chi connectivity index (χ1) is 10.8. The van der Waals surface area contributed by atoms with Crippen molar-refractivity contribution in [2.24, 2.45) is 0 Å². The molecule has 2 unspecified atom stereocenters. The fraction of sp³-hybridized carbons (Fsp3) is 0.529. The van der Waals surface area contributed by atoms with Gasteiger partial charge in [0.25, 0.3) is 0 Å². The Kier molecular flexibility index (Phi) is 3.85. The van der Waals surface area contributed by atoms with Crippen LogP contribution < -0.4 is 9.47 Å². The summed E-state index contributed by atoms with van der Waals surface area (Å²) in [7, 11) is 11.3. The van der Waals surface area contributed by atoms with Crippen molar-refractivity contribution in [2.75, 3.05) is 27.8 Å². The molecule has 23 heavy (non-hydrogen) atoms. The second-order valence-corrected chi connectivity index (χ2v) is 6.55. The number of aliphatic hydroxyl groups is 2. The molecule has 1 aromatic rings. The molecule has 1 aliphatic carbocycles. The number of aliphatic hydroxyl groups excluding tert-OH is 1. The van der Waals surface area contributed by atoms with Crippen molar-refractivity contribution < 1.29 is 19.7 Å². The number of likely N-dealkylation sites (tertiary alicyclic amines) is 1. The van der Waals surface area contributed by atoms with Crippen LogP contribution in [0.3, 0.4) is 0 Å². The third-order valence-electron chi connectivity index (χ3n) is 5.09. The molecular formula is C17H22BNO4. The van der Waals surface area contributed by atoms with Gasteiger partial charge in [0.05, 0.1) is 20.0 Å². The molecule has 122 valence electrons. The third kappa shape index (κ3) is 2.41. The van der Waals surface area contributed by atoms with E-state index in [2.05, 4.69) is 4.90 Å². The van der Waals surface area contributed by atoms with Gasteiger partial charge in [-0.25, -0.2) is 0 Å². The number of hydrogen-bond donors (Lipinski definition) is 2. The third-order valence-corrected chi connectivity index (χ3v) is 5.09. The molecule has 0 amide bonds. The average Bonchev–Trinajstić information content (AvgIpc) is 2.84. The van der Waals surface area contributed by atoms with E-state index in [9.17, 15) is 10.2 Å². The molecule has 5 nitrogen and oxygen atoms in total. The van der Waals surface area contributed by atoms with Gasteiger partial charge in [-0.2, -0.15) is 0 Å². The van der Waals surface area contributed by atoms with Crippen LogP contribution in [0.4, 0.5) is 0 Å². The van der Waals surface area contributed by atoms with Gasteiger partial charge in [0.1, 0.15) is 7.85 Å². The summed E-state index contributed by atoms with van der Waals surface area (Å²) >= 11 is 0. The van der Waals surface area contributed by atoms with Crippen LogP contribution in [0.25, 0.3) is 0 Å². The lowest BCUT2D eigenvalue weighted by Gasteiger charge is -2.48. The standard InChI is InChI=1S/C17H22BNO4/c1-19-7-6-16(9-12(20)10-17(18,21)15(16)19)11-4-5-13(22-2)14(8-11)23-3/h4-5,8-9,15,20-21H,6-7,10H2,1-3H3/t15?,16-,17?/m1/s1. The number of methoxy groups -OCH3 is 2. The van der Waals surface area contributed by atoms with Gasteiger partial charge in [0.2, 0.25) is 0 Å². The summed E-state index contributed by atoms with van der Waals surface area (Å²) in [4.78, 5) is 2.06. The minimum absolute atomic E-state index is 0.0526. The maximum atomic E-state index is 10.7. The monoisotopic (exact) mass is 315 g/mol. The zero-order valence-corrected chi connectivity index (χ0v) is 13.7. The topological polar surface area (TPSA) is 62.2 Å². The second-order valence-electron chi connectivity index (χ2n) is 6.55. The zero-order valence-electron chi connectivity index (χ0n) is 13.7. The SMILES string of the molecule is [B]C1(O)CC(O)=C[C@@]2(c3ccc(OC)c(OC)c3)CCN(C)C12. The van der Waals surface area contributed by atoms with E-state index >= 15 is 0 Å². The summed E-state index contributed by atoms with van der Waals surface area (Å²) in [6.45, 7) is 0.780. The predicted molar refractivity (Wildman–Crippen MR) is 88.3 cm³/mol. The molecule has 1 aromatic carbocycles. The maximum Gasteiger partial charge on any atom is 0.161 e. The lowest BCUT2D eigenvalue weighted by atomic mass is 9.57. The number of nitrogens with zero attached hydrogens (tertiary/aromatic N) is 1. The summed E-state index contributed by atoms with van der Waals surface area (Å²) in [6.07, 6.45) is 2.65. The molecule has 1 fully saturated rings. The molecule has 0 spiro atoms. The summed E-state index contributed by atoms with van der Waals surface area (Å²) < 4.78 is 10.7. The number of hydrogen-bond acceptors (Lipinski definition) is 5. The van der Waals surface area contributed by atoms with E-state index in [0.717, 1.165) is 18.5 Å². The smallest absolute Gasteiger partial charge is 0.161 e. The molecule has 0 saturated carbocycles. The van der Waals surface area contributed by atoms with Crippen LogP contribution in [-0.2, 0) is 5.41 Å². The summed E-state index contributed by atoms with van der Waals surface area (Å²) in [5.74, 6) is 1.38. The number of fused-ring (bicyclic) bond motifs is 1. The highest BCUT2D eigenvalue weighted by molar-refractivity contribution is 6.15. The Labute approximate surface area is 137 Å². The van der Waals surface area contributed by atoms with Crippen LogP contribution in [-0.4, -0.2) is 62.3 Å². The molecule has 1 aliphatic heterocycles. The lowest BCUT2D eigenvalue weighted by Crippen LogP contribution is -2.59. The van der Waals surface area contributed by atoms with Crippen molar-refractivity contribution in [1.29, 1.82) is 0 Å². The van der Waals surface area contributed by atoms with Gasteiger partial charge in [0, 0.05) is 23.4 Å². The van der Waals surface area contributed by atoms with Crippen molar-refractivity contribution in [3.8, 4) is 11.5 Å². The fourth-order valence-electron chi connectivity index (χ4n) is 4.25. The summed E-state index contributed by atoms with van der Waals surface area (Å²) in [5.41, 5.74) is -1.10. The normalized spacial score (nSPS) is 33.9. The Balaban J connectivity index is 2.17. The molecule has 0 aromatic heterocycles. The minimum atomic E-state index is -1.49. The van der Waals surface area contributed by atoms with Crippen molar-refractivity contribution in [1.82, 2.24) is 4.90 Å². The molecule has 2 radical (unpaired) electrons. The van der Waals surface area contributed by atoms with Crippen LogP contribution in [0.1, 0.15) is 18.4 Å². The first-order valence-electron chi connectivity index (χ1n) is 7.69. The molecule has 0 bridgehead atoms. The van der Waals surface area contributed by atoms with E-state index < -0.39 is 10.9 Å². The van der Waals surface area contributed by atoms with Gasteiger partial charge < -0.3 is 24.6 Å². The lowest BCUT2D eigenvalue weighted by molar-refractivity contribution is 0.00967. The molecule has 2 N–H and O–H groups in total. The van der Waals surface area contributed by atoms with Gasteiger partial charge in [-0.3, -0.25) is 0 Å². The van der Waals surface area contributed by atoms with Crippen molar-refractivity contribution in [3.63, 3.8) is 0 Å². The zero-order chi connectivity index (χ0) is 16.8. The quantitative estimate of drug-likeness (QED) is 0.825. The van der Waals surface area contributed by atoms with Crippen LogP contribution in [0.2, 0.25) is 0 Å². The van der Waals surface area contributed by atoms with E-state index in [4.69, 9.17) is 17.3 Å². The summed E-state index contributed by atoms with van der Waals surface area (Å²) in [6, 6.07) is 5.37. The highest BCUT2D eigenvalue weighted by Gasteiger charge is 2.56. The second kappa shape index (κ2) is 5.46. The van der Waals surface area contributed by atoms with Crippen molar-refractivity contribution in [3.05, 3.63) is 35.6 Å². The number of likely N-dealkylation sites (N-methyl/N-ethyl adjacent to an activating group) is 1. The molecule has 3 atom stereocenters. The molecule has 3 rings (SSSR count). The van der Waals surface area contributed by atoms with E-state index in [0.29, 0.717) is 11.5 Å². The summed E-state index contributed by atoms with van der Waals surface area (Å²) in [5, 5.41) is 20.9. The Hall–Kier alpha value is -1.66. The van der Waals surface area contributed by atoms with Gasteiger partial charge in [0.15, 0.2) is 11.5 Å². The van der Waals surface area contributed by atoms with E-state index in [1.165, 1.54) is 0 Å². The Morgan fingerprint density at radius 2 is 1.96 bits per heavy atom. The van der Waals surface area contributed by atoms with E-state index in [1.807, 2.05) is 31.3 Å². The van der Waals surface area contributed by atoms with Gasteiger partial charge in [-0.1, -0.05) is 6.07 Å². The van der Waals surface area contributed by atoms with Crippen LogP contribution >= 0.6 is 0 Å². The number of ether oxygens (including phenoxy) is 2. The molecule has 1 heterocycles. The van der Waals surface area contributed by atoms with Crippen LogP contribution in [0.15, 0.2) is 30.0 Å². The maximum absolute atomic E-state index is 10.7. The van der Waals surface area contributed by atoms with Crippen LogP contribution in [0, 0.1) is 0 Å². The van der Waals surface area contributed by atoms with E-state index in [-0.39, 0.29) is 18.2 Å². The van der Waals surface area contributed by atoms with Crippen molar-refractivity contribution in [2.45, 2.75) is 29.8 Å². The van der Waals surface area contributed by atoms with Crippen molar-refractivity contribution >= 4 is 7.85 Å². The average molecular weight is 315 g/mol. The first-order valence-corrected chi connectivity index (χ1v) is 7.69.